The maximum absolute atomic E-state index is 11.2. The standard InChI is InChI=1S/C31H30O8/c1-36-21-12-7-17(8-13-21)4-9-19-15-25(37-2)28(35)30-26(19)22(14-18-5-10-20(32)11-6-18)23-16-24(33)27(34)31(38-3)29(23)39-30/h5-8,10-13,15-16,22,32-35H,4,9,14H2,1-3H3/t22-/m0/s1. The van der Waals surface area contributed by atoms with Gasteiger partial charge >= 0.3 is 0 Å². The van der Waals surface area contributed by atoms with Crippen LogP contribution in [0, 0.1) is 0 Å². The lowest BCUT2D eigenvalue weighted by molar-refractivity contribution is 0.313. The number of aryl methyl sites for hydroxylation is 2. The van der Waals surface area contributed by atoms with E-state index in [9.17, 15) is 20.4 Å². The third-order valence-electron chi connectivity index (χ3n) is 7.13. The first-order valence-corrected chi connectivity index (χ1v) is 12.5. The van der Waals surface area contributed by atoms with Gasteiger partial charge in [-0.05, 0) is 72.4 Å². The van der Waals surface area contributed by atoms with Crippen LogP contribution in [0.25, 0.3) is 0 Å². The molecule has 0 unspecified atom stereocenters. The van der Waals surface area contributed by atoms with E-state index in [1.165, 1.54) is 20.3 Å². The van der Waals surface area contributed by atoms with Crippen molar-refractivity contribution in [3.63, 3.8) is 0 Å². The van der Waals surface area contributed by atoms with E-state index in [-0.39, 0.29) is 40.2 Å². The SMILES string of the molecule is COc1ccc(CCc2cc(OC)c(O)c3c2[C@@H](Cc2ccc(O)cc2)c2cc(O)c(O)c(OC)c2O3)cc1. The summed E-state index contributed by atoms with van der Waals surface area (Å²) < 4.78 is 22.4. The van der Waals surface area contributed by atoms with Crippen molar-refractivity contribution in [1.29, 1.82) is 0 Å². The molecule has 1 heterocycles. The molecule has 8 heteroatoms. The number of phenols is 4. The number of benzene rings is 4. The zero-order chi connectivity index (χ0) is 27.7. The van der Waals surface area contributed by atoms with Crippen molar-refractivity contribution in [1.82, 2.24) is 0 Å². The molecule has 4 aromatic rings. The molecule has 0 saturated heterocycles. The molecule has 1 aliphatic rings. The summed E-state index contributed by atoms with van der Waals surface area (Å²) in [5, 5.41) is 42.1. The molecular weight excluding hydrogens is 500 g/mol. The Morgan fingerprint density at radius 1 is 0.718 bits per heavy atom. The Labute approximate surface area is 226 Å². The fourth-order valence-corrected chi connectivity index (χ4v) is 5.14. The topological polar surface area (TPSA) is 118 Å². The molecule has 0 aromatic heterocycles. The molecule has 4 aromatic carbocycles. The van der Waals surface area contributed by atoms with Crippen LogP contribution in [-0.4, -0.2) is 41.8 Å². The third kappa shape index (κ3) is 4.81. The molecule has 39 heavy (non-hydrogen) atoms. The highest BCUT2D eigenvalue weighted by Gasteiger charge is 2.37. The lowest BCUT2D eigenvalue weighted by Crippen LogP contribution is -2.17. The lowest BCUT2D eigenvalue weighted by atomic mass is 9.79. The molecule has 8 nitrogen and oxygen atoms in total. The second-order valence-corrected chi connectivity index (χ2v) is 9.40. The maximum Gasteiger partial charge on any atom is 0.208 e. The van der Waals surface area contributed by atoms with Crippen molar-refractivity contribution in [3.05, 3.63) is 88.5 Å². The number of hydrogen-bond acceptors (Lipinski definition) is 8. The number of ether oxygens (including phenoxy) is 4. The molecule has 4 N–H and O–H groups in total. The van der Waals surface area contributed by atoms with Crippen LogP contribution in [0.4, 0.5) is 0 Å². The first kappa shape index (κ1) is 25.9. The monoisotopic (exact) mass is 530 g/mol. The Hall–Kier alpha value is -4.72. The van der Waals surface area contributed by atoms with Crippen molar-refractivity contribution in [3.8, 4) is 51.7 Å². The summed E-state index contributed by atoms with van der Waals surface area (Å²) in [4.78, 5) is 0. The van der Waals surface area contributed by atoms with Gasteiger partial charge in [0, 0.05) is 17.0 Å². The predicted molar refractivity (Wildman–Crippen MR) is 145 cm³/mol. The summed E-state index contributed by atoms with van der Waals surface area (Å²) in [6.07, 6.45) is 1.77. The molecular formula is C31H30O8. The van der Waals surface area contributed by atoms with Crippen molar-refractivity contribution in [2.75, 3.05) is 21.3 Å². The van der Waals surface area contributed by atoms with E-state index in [1.807, 2.05) is 42.5 Å². The quantitative estimate of drug-likeness (QED) is 0.211. The minimum absolute atomic E-state index is 0.0339. The zero-order valence-corrected chi connectivity index (χ0v) is 21.9. The summed E-state index contributed by atoms with van der Waals surface area (Å²) in [5.74, 6) is 0.203. The van der Waals surface area contributed by atoms with E-state index in [4.69, 9.17) is 18.9 Å². The Kier molecular flexibility index (Phi) is 7.02. The minimum atomic E-state index is -0.454. The normalized spacial score (nSPS) is 13.7. The minimum Gasteiger partial charge on any atom is -0.508 e. The van der Waals surface area contributed by atoms with E-state index >= 15 is 0 Å². The Morgan fingerprint density at radius 2 is 1.41 bits per heavy atom. The molecule has 0 fully saturated rings. The number of fused-ring (bicyclic) bond motifs is 2. The summed E-state index contributed by atoms with van der Waals surface area (Å²) >= 11 is 0. The van der Waals surface area contributed by atoms with E-state index in [0.29, 0.717) is 24.8 Å². The fraction of sp³-hybridized carbons (Fsp3) is 0.226. The second-order valence-electron chi connectivity index (χ2n) is 9.40. The van der Waals surface area contributed by atoms with Gasteiger partial charge in [-0.3, -0.25) is 0 Å². The van der Waals surface area contributed by atoms with Crippen LogP contribution < -0.4 is 18.9 Å². The Bertz CT molecular complexity index is 1490. The largest absolute Gasteiger partial charge is 0.508 e. The van der Waals surface area contributed by atoms with Gasteiger partial charge in [-0.2, -0.15) is 0 Å². The summed E-state index contributed by atoms with van der Waals surface area (Å²) in [5.41, 5.74) is 4.26. The molecule has 0 radical (unpaired) electrons. The van der Waals surface area contributed by atoms with Crippen LogP contribution in [-0.2, 0) is 19.3 Å². The molecule has 0 saturated carbocycles. The molecule has 5 rings (SSSR count). The van der Waals surface area contributed by atoms with Gasteiger partial charge in [0.25, 0.3) is 0 Å². The van der Waals surface area contributed by atoms with Crippen molar-refractivity contribution in [2.45, 2.75) is 25.2 Å². The highest BCUT2D eigenvalue weighted by atomic mass is 16.5. The van der Waals surface area contributed by atoms with E-state index in [1.54, 1.807) is 19.2 Å². The van der Waals surface area contributed by atoms with Crippen molar-refractivity contribution >= 4 is 0 Å². The molecule has 0 bridgehead atoms. The van der Waals surface area contributed by atoms with Crippen LogP contribution >= 0.6 is 0 Å². The molecule has 1 atom stereocenters. The maximum atomic E-state index is 11.2. The van der Waals surface area contributed by atoms with Crippen LogP contribution in [0.5, 0.6) is 51.7 Å². The van der Waals surface area contributed by atoms with Gasteiger partial charge in [-0.25, -0.2) is 0 Å². The number of rotatable bonds is 8. The van der Waals surface area contributed by atoms with Crippen LogP contribution in [0.3, 0.4) is 0 Å². The summed E-state index contributed by atoms with van der Waals surface area (Å²) in [6.45, 7) is 0. The average molecular weight is 531 g/mol. The van der Waals surface area contributed by atoms with Gasteiger partial charge in [0.15, 0.2) is 23.0 Å². The molecule has 0 amide bonds. The first-order chi connectivity index (χ1) is 18.8. The number of methoxy groups -OCH3 is 3. The van der Waals surface area contributed by atoms with Crippen LogP contribution in [0.15, 0.2) is 60.7 Å². The van der Waals surface area contributed by atoms with Crippen LogP contribution in [0.2, 0.25) is 0 Å². The molecule has 202 valence electrons. The summed E-state index contributed by atoms with van der Waals surface area (Å²) in [6, 6.07) is 18.0. The lowest BCUT2D eigenvalue weighted by Gasteiger charge is -2.32. The highest BCUT2D eigenvalue weighted by molar-refractivity contribution is 5.71. The second kappa shape index (κ2) is 10.6. The van der Waals surface area contributed by atoms with Gasteiger partial charge in [0.1, 0.15) is 11.5 Å². The number of aromatic hydroxyl groups is 4. The zero-order valence-electron chi connectivity index (χ0n) is 21.9. The first-order valence-electron chi connectivity index (χ1n) is 12.5. The van der Waals surface area contributed by atoms with Gasteiger partial charge in [0.05, 0.1) is 21.3 Å². The number of hydrogen-bond donors (Lipinski definition) is 4. The third-order valence-corrected chi connectivity index (χ3v) is 7.13. The van der Waals surface area contributed by atoms with Gasteiger partial charge in [0.2, 0.25) is 17.2 Å². The predicted octanol–water partition coefficient (Wildman–Crippen LogP) is 5.80. The van der Waals surface area contributed by atoms with E-state index in [2.05, 4.69) is 0 Å². The van der Waals surface area contributed by atoms with Gasteiger partial charge in [-0.15, -0.1) is 0 Å². The Morgan fingerprint density at radius 3 is 2.05 bits per heavy atom. The van der Waals surface area contributed by atoms with Gasteiger partial charge in [-0.1, -0.05) is 24.3 Å². The molecule has 0 aliphatic carbocycles. The van der Waals surface area contributed by atoms with Gasteiger partial charge < -0.3 is 39.4 Å². The fourth-order valence-electron chi connectivity index (χ4n) is 5.14. The average Bonchev–Trinajstić information content (AvgIpc) is 2.95. The Balaban J connectivity index is 1.67. The van der Waals surface area contributed by atoms with Crippen LogP contribution in [0.1, 0.15) is 33.7 Å². The number of phenolic OH excluding ortho intramolecular Hbond substituents is 4. The van der Waals surface area contributed by atoms with Crippen molar-refractivity contribution in [2.24, 2.45) is 0 Å². The molecule has 1 aliphatic heterocycles. The van der Waals surface area contributed by atoms with Crippen molar-refractivity contribution < 1.29 is 39.4 Å². The smallest absolute Gasteiger partial charge is 0.208 e. The van der Waals surface area contributed by atoms with E-state index in [0.717, 1.165) is 28.0 Å². The van der Waals surface area contributed by atoms with E-state index < -0.39 is 11.7 Å². The summed E-state index contributed by atoms with van der Waals surface area (Å²) in [7, 11) is 4.47. The molecule has 0 spiro atoms. The highest BCUT2D eigenvalue weighted by Crippen LogP contribution is 2.59.